The lowest BCUT2D eigenvalue weighted by molar-refractivity contribution is -0.112. The molecule has 14 heavy (non-hydrogen) atoms. The lowest BCUT2D eigenvalue weighted by atomic mass is 10.1. The highest BCUT2D eigenvalue weighted by atomic mass is 19.3. The molecule has 0 amide bonds. The Kier molecular flexibility index (Phi) is 3.44. The molecule has 5 heteroatoms. The molecule has 1 heterocycles. The Morgan fingerprint density at radius 2 is 2.14 bits per heavy atom. The van der Waals surface area contributed by atoms with Crippen molar-refractivity contribution in [3.63, 3.8) is 0 Å². The number of hydrogen-bond acceptors (Lipinski definition) is 3. The second-order valence-electron chi connectivity index (χ2n) is 4.38. The quantitative estimate of drug-likeness (QED) is 0.741. The van der Waals surface area contributed by atoms with Crippen molar-refractivity contribution in [3.8, 4) is 0 Å². The van der Waals surface area contributed by atoms with Gasteiger partial charge in [-0.05, 0) is 13.8 Å². The maximum atomic E-state index is 13.0. The maximum absolute atomic E-state index is 13.0. The van der Waals surface area contributed by atoms with E-state index in [4.69, 9.17) is 10.5 Å². The minimum atomic E-state index is -2.78. The van der Waals surface area contributed by atoms with Crippen LogP contribution in [0, 0.1) is 0 Å². The number of alkyl halides is 2. The van der Waals surface area contributed by atoms with Crippen molar-refractivity contribution in [3.05, 3.63) is 0 Å². The average molecular weight is 208 g/mol. The van der Waals surface area contributed by atoms with E-state index in [1.807, 2.05) is 13.8 Å². The van der Waals surface area contributed by atoms with Gasteiger partial charge in [0.05, 0.1) is 25.3 Å². The van der Waals surface area contributed by atoms with Gasteiger partial charge in [-0.2, -0.15) is 0 Å². The summed E-state index contributed by atoms with van der Waals surface area (Å²) in [6.07, 6.45) is 0. The zero-order valence-electron chi connectivity index (χ0n) is 8.72. The van der Waals surface area contributed by atoms with Gasteiger partial charge in [0.1, 0.15) is 0 Å². The van der Waals surface area contributed by atoms with E-state index in [1.54, 1.807) is 4.90 Å². The number of ether oxygens (including phenoxy) is 1. The van der Waals surface area contributed by atoms with Crippen LogP contribution >= 0.6 is 0 Å². The van der Waals surface area contributed by atoms with Crippen LogP contribution in [-0.4, -0.2) is 49.2 Å². The van der Waals surface area contributed by atoms with E-state index in [0.717, 1.165) is 0 Å². The molecule has 0 aromatic carbocycles. The summed E-state index contributed by atoms with van der Waals surface area (Å²) in [6, 6.07) is 0. The van der Waals surface area contributed by atoms with Gasteiger partial charge in [-0.25, -0.2) is 8.78 Å². The lowest BCUT2D eigenvalue weighted by Crippen LogP contribution is -2.52. The lowest BCUT2D eigenvalue weighted by Gasteiger charge is -2.39. The van der Waals surface area contributed by atoms with Gasteiger partial charge >= 0.3 is 0 Å². The van der Waals surface area contributed by atoms with Gasteiger partial charge in [0, 0.05) is 13.1 Å². The summed E-state index contributed by atoms with van der Waals surface area (Å²) in [7, 11) is 0. The van der Waals surface area contributed by atoms with Crippen LogP contribution in [0.15, 0.2) is 0 Å². The first-order valence-electron chi connectivity index (χ1n) is 4.79. The Bertz CT molecular complexity index is 197. The molecule has 0 spiro atoms. The van der Waals surface area contributed by atoms with Crippen LogP contribution in [0.3, 0.4) is 0 Å². The van der Waals surface area contributed by atoms with Gasteiger partial charge in [-0.15, -0.1) is 0 Å². The number of nitrogens with two attached hydrogens (primary N) is 1. The number of rotatable bonds is 3. The molecule has 2 N–H and O–H groups in total. The molecule has 1 aliphatic heterocycles. The predicted octanol–water partition coefficient (Wildman–Crippen LogP) is 0.691. The summed E-state index contributed by atoms with van der Waals surface area (Å²) in [4.78, 5) is 1.70. The molecule has 84 valence electrons. The molecule has 1 rings (SSSR count). The van der Waals surface area contributed by atoms with Gasteiger partial charge in [-0.1, -0.05) is 0 Å². The Balaban J connectivity index is 2.46. The van der Waals surface area contributed by atoms with Crippen LogP contribution in [0.5, 0.6) is 0 Å². The molecular weight excluding hydrogens is 190 g/mol. The van der Waals surface area contributed by atoms with E-state index in [2.05, 4.69) is 0 Å². The largest absolute Gasteiger partial charge is 0.373 e. The fourth-order valence-corrected chi connectivity index (χ4v) is 1.64. The number of morpholine rings is 1. The topological polar surface area (TPSA) is 38.5 Å². The smallest absolute Gasteiger partial charge is 0.272 e. The van der Waals surface area contributed by atoms with Crippen molar-refractivity contribution in [2.75, 3.05) is 32.8 Å². The highest BCUT2D eigenvalue weighted by Crippen LogP contribution is 2.20. The normalized spacial score (nSPS) is 23.8. The standard InChI is InChI=1S/C9H18F2N2O/c1-8(2)6-13(3-4-14-8)7-9(10,11)5-12/h3-7,12H2,1-2H3. The molecule has 3 nitrogen and oxygen atoms in total. The molecule has 0 saturated carbocycles. The molecule has 0 bridgehead atoms. The molecule has 1 saturated heterocycles. The van der Waals surface area contributed by atoms with Gasteiger partial charge in [0.2, 0.25) is 0 Å². The molecule has 0 aliphatic carbocycles. The number of halogens is 2. The molecule has 1 aliphatic rings. The Morgan fingerprint density at radius 1 is 1.50 bits per heavy atom. The third kappa shape index (κ3) is 3.48. The zero-order valence-corrected chi connectivity index (χ0v) is 8.72. The molecule has 0 radical (unpaired) electrons. The Morgan fingerprint density at radius 3 is 2.64 bits per heavy atom. The first kappa shape index (κ1) is 11.8. The SMILES string of the molecule is CC1(C)CN(CC(F)(F)CN)CCO1. The number of nitrogens with zero attached hydrogens (tertiary/aromatic N) is 1. The minimum Gasteiger partial charge on any atom is -0.373 e. The van der Waals surface area contributed by atoms with Crippen molar-refractivity contribution in [2.24, 2.45) is 5.73 Å². The van der Waals surface area contributed by atoms with E-state index in [9.17, 15) is 8.78 Å². The summed E-state index contributed by atoms with van der Waals surface area (Å²) in [6.45, 7) is 4.54. The minimum absolute atomic E-state index is 0.268. The number of hydrogen-bond donors (Lipinski definition) is 1. The van der Waals surface area contributed by atoms with Crippen molar-refractivity contribution < 1.29 is 13.5 Å². The van der Waals surface area contributed by atoms with E-state index < -0.39 is 12.5 Å². The van der Waals surface area contributed by atoms with Gasteiger partial charge in [0.25, 0.3) is 5.92 Å². The molecule has 0 unspecified atom stereocenters. The van der Waals surface area contributed by atoms with Crippen LogP contribution in [-0.2, 0) is 4.74 Å². The second-order valence-corrected chi connectivity index (χ2v) is 4.38. The zero-order chi connectivity index (χ0) is 10.8. The van der Waals surface area contributed by atoms with E-state index >= 15 is 0 Å². The summed E-state index contributed by atoms with van der Waals surface area (Å²) in [5.41, 5.74) is 4.65. The molecule has 0 aromatic heterocycles. The predicted molar refractivity (Wildman–Crippen MR) is 50.5 cm³/mol. The van der Waals surface area contributed by atoms with Crippen LogP contribution in [0.25, 0.3) is 0 Å². The van der Waals surface area contributed by atoms with E-state index in [0.29, 0.717) is 19.7 Å². The summed E-state index contributed by atoms with van der Waals surface area (Å²) in [5.74, 6) is -2.78. The Hall–Kier alpha value is -0.260. The molecule has 0 aromatic rings. The third-order valence-corrected chi connectivity index (χ3v) is 2.26. The van der Waals surface area contributed by atoms with E-state index in [1.165, 1.54) is 0 Å². The molecule has 0 atom stereocenters. The van der Waals surface area contributed by atoms with Crippen LogP contribution < -0.4 is 5.73 Å². The van der Waals surface area contributed by atoms with Gasteiger partial charge in [-0.3, -0.25) is 4.90 Å². The van der Waals surface area contributed by atoms with Crippen molar-refractivity contribution in [1.29, 1.82) is 0 Å². The van der Waals surface area contributed by atoms with Crippen molar-refractivity contribution >= 4 is 0 Å². The Labute approximate surface area is 83.2 Å². The van der Waals surface area contributed by atoms with Gasteiger partial charge < -0.3 is 10.5 Å². The highest BCUT2D eigenvalue weighted by Gasteiger charge is 2.34. The van der Waals surface area contributed by atoms with Gasteiger partial charge in [0.15, 0.2) is 0 Å². The van der Waals surface area contributed by atoms with Crippen LogP contribution in [0.4, 0.5) is 8.78 Å². The van der Waals surface area contributed by atoms with Crippen molar-refractivity contribution in [1.82, 2.24) is 4.90 Å². The van der Waals surface area contributed by atoms with Crippen LogP contribution in [0.1, 0.15) is 13.8 Å². The summed E-state index contributed by atoms with van der Waals surface area (Å²) >= 11 is 0. The third-order valence-electron chi connectivity index (χ3n) is 2.26. The first-order chi connectivity index (χ1) is 6.35. The molecule has 1 fully saturated rings. The molecular formula is C9H18F2N2O. The van der Waals surface area contributed by atoms with E-state index in [-0.39, 0.29) is 12.1 Å². The highest BCUT2D eigenvalue weighted by molar-refractivity contribution is 4.82. The summed E-state index contributed by atoms with van der Waals surface area (Å²) in [5, 5.41) is 0. The second kappa shape index (κ2) is 4.08. The fraction of sp³-hybridized carbons (Fsp3) is 1.00. The van der Waals surface area contributed by atoms with Crippen molar-refractivity contribution in [2.45, 2.75) is 25.4 Å². The first-order valence-corrected chi connectivity index (χ1v) is 4.79. The monoisotopic (exact) mass is 208 g/mol. The fourth-order valence-electron chi connectivity index (χ4n) is 1.64. The summed E-state index contributed by atoms with van der Waals surface area (Å²) < 4.78 is 31.4. The maximum Gasteiger partial charge on any atom is 0.272 e. The average Bonchev–Trinajstić information content (AvgIpc) is 2.01. The van der Waals surface area contributed by atoms with Crippen LogP contribution in [0.2, 0.25) is 0 Å².